The van der Waals surface area contributed by atoms with Gasteiger partial charge in [0.1, 0.15) is 9.84 Å². The van der Waals surface area contributed by atoms with Crippen molar-refractivity contribution in [3.05, 3.63) is 0 Å². The normalized spacial score (nSPS) is 16.6. The van der Waals surface area contributed by atoms with Crippen molar-refractivity contribution in [2.75, 3.05) is 18.6 Å². The zero-order valence-electron chi connectivity index (χ0n) is 9.16. The van der Waals surface area contributed by atoms with Crippen molar-refractivity contribution >= 4 is 9.84 Å². The van der Waals surface area contributed by atoms with Gasteiger partial charge in [0.15, 0.2) is 0 Å². The molecule has 0 saturated heterocycles. The minimum atomic E-state index is -2.83. The Bertz CT molecular complexity index is 236. The Kier molecular flexibility index (Phi) is 6.31. The highest BCUT2D eigenvalue weighted by Gasteiger charge is 2.06. The fourth-order valence-electron chi connectivity index (χ4n) is 1.28. The van der Waals surface area contributed by atoms with Gasteiger partial charge < -0.3 is 10.4 Å². The monoisotopic (exact) mass is 223 g/mol. The van der Waals surface area contributed by atoms with Crippen LogP contribution in [0.5, 0.6) is 0 Å². The predicted octanol–water partition coefficient (Wildman–Crippen LogP) is 0.170. The van der Waals surface area contributed by atoms with E-state index in [1.165, 1.54) is 6.26 Å². The largest absolute Gasteiger partial charge is 0.393 e. The van der Waals surface area contributed by atoms with Crippen molar-refractivity contribution in [3.8, 4) is 0 Å². The molecule has 4 nitrogen and oxygen atoms in total. The molecule has 0 spiro atoms. The number of aliphatic hydroxyl groups excluding tert-OH is 1. The van der Waals surface area contributed by atoms with Crippen LogP contribution >= 0.6 is 0 Å². The first kappa shape index (κ1) is 13.9. The lowest BCUT2D eigenvalue weighted by molar-refractivity contribution is 0.171. The highest BCUT2D eigenvalue weighted by molar-refractivity contribution is 7.90. The lowest BCUT2D eigenvalue weighted by Crippen LogP contribution is -2.30. The molecule has 0 aliphatic rings. The smallest absolute Gasteiger partial charge is 0.147 e. The van der Waals surface area contributed by atoms with Gasteiger partial charge in [-0.1, -0.05) is 0 Å². The lowest BCUT2D eigenvalue weighted by atomic mass is 10.1. The second kappa shape index (κ2) is 6.37. The van der Waals surface area contributed by atoms with Crippen molar-refractivity contribution in [2.24, 2.45) is 0 Å². The summed E-state index contributed by atoms with van der Waals surface area (Å²) >= 11 is 0. The number of hydrogen-bond donors (Lipinski definition) is 2. The number of sulfone groups is 1. The van der Waals surface area contributed by atoms with Gasteiger partial charge in [0.2, 0.25) is 0 Å². The van der Waals surface area contributed by atoms with E-state index in [0.29, 0.717) is 19.4 Å². The molecule has 14 heavy (non-hydrogen) atoms. The third-order valence-corrected chi connectivity index (χ3v) is 2.91. The molecular weight excluding hydrogens is 202 g/mol. The molecule has 0 rings (SSSR count). The summed E-state index contributed by atoms with van der Waals surface area (Å²) in [4.78, 5) is 0. The molecule has 0 saturated carbocycles. The number of aliphatic hydroxyl groups is 1. The van der Waals surface area contributed by atoms with Gasteiger partial charge in [-0.05, 0) is 33.2 Å². The van der Waals surface area contributed by atoms with Crippen molar-refractivity contribution in [1.82, 2.24) is 5.32 Å². The fraction of sp³-hybridized carbons (Fsp3) is 1.00. The summed E-state index contributed by atoms with van der Waals surface area (Å²) in [6, 6.07) is 0.231. The highest BCUT2D eigenvalue weighted by Crippen LogP contribution is 1.96. The van der Waals surface area contributed by atoms with E-state index in [1.54, 1.807) is 6.92 Å². The first-order chi connectivity index (χ1) is 6.31. The van der Waals surface area contributed by atoms with Gasteiger partial charge in [-0.15, -0.1) is 0 Å². The van der Waals surface area contributed by atoms with Gasteiger partial charge in [0, 0.05) is 12.3 Å². The van der Waals surface area contributed by atoms with Gasteiger partial charge in [-0.2, -0.15) is 0 Å². The molecule has 0 aliphatic carbocycles. The van der Waals surface area contributed by atoms with E-state index in [1.807, 2.05) is 6.92 Å². The molecule has 2 atom stereocenters. The third kappa shape index (κ3) is 9.95. The zero-order valence-corrected chi connectivity index (χ0v) is 9.97. The molecule has 0 bridgehead atoms. The van der Waals surface area contributed by atoms with Gasteiger partial charge >= 0.3 is 0 Å². The summed E-state index contributed by atoms with van der Waals surface area (Å²) in [5, 5.41) is 12.2. The molecule has 86 valence electrons. The maximum absolute atomic E-state index is 10.8. The van der Waals surface area contributed by atoms with Crippen LogP contribution in [0.25, 0.3) is 0 Å². The molecule has 2 unspecified atom stereocenters. The van der Waals surface area contributed by atoms with E-state index < -0.39 is 9.84 Å². The Labute approximate surface area is 86.6 Å². The third-order valence-electron chi connectivity index (χ3n) is 1.88. The summed E-state index contributed by atoms with van der Waals surface area (Å²) in [5.41, 5.74) is 0. The van der Waals surface area contributed by atoms with Crippen LogP contribution in [0.2, 0.25) is 0 Å². The van der Waals surface area contributed by atoms with E-state index in [9.17, 15) is 8.42 Å². The summed E-state index contributed by atoms with van der Waals surface area (Å²) in [7, 11) is -2.83. The van der Waals surface area contributed by atoms with Crippen molar-refractivity contribution in [1.29, 1.82) is 0 Å². The van der Waals surface area contributed by atoms with E-state index in [4.69, 9.17) is 5.11 Å². The summed E-state index contributed by atoms with van der Waals surface area (Å²) in [6.45, 7) is 4.41. The van der Waals surface area contributed by atoms with Crippen LogP contribution in [0.15, 0.2) is 0 Å². The Hall–Kier alpha value is -0.130. The van der Waals surface area contributed by atoms with Crippen LogP contribution in [-0.2, 0) is 9.84 Å². The maximum atomic E-state index is 10.8. The van der Waals surface area contributed by atoms with Crippen molar-refractivity contribution in [3.63, 3.8) is 0 Å². The Balaban J connectivity index is 3.45. The quantitative estimate of drug-likeness (QED) is 0.604. The molecular formula is C9H21NO3S. The molecule has 0 aliphatic heterocycles. The van der Waals surface area contributed by atoms with Crippen LogP contribution in [0.1, 0.15) is 26.7 Å². The van der Waals surface area contributed by atoms with E-state index in [0.717, 1.165) is 0 Å². The SMILES string of the molecule is CC(O)CC(C)NCCCS(C)(=O)=O. The Morgan fingerprint density at radius 2 is 1.93 bits per heavy atom. The molecule has 0 aromatic heterocycles. The molecule has 2 N–H and O–H groups in total. The van der Waals surface area contributed by atoms with Crippen LogP contribution in [0.3, 0.4) is 0 Å². The fourth-order valence-corrected chi connectivity index (χ4v) is 1.95. The maximum Gasteiger partial charge on any atom is 0.147 e. The zero-order chi connectivity index (χ0) is 11.2. The van der Waals surface area contributed by atoms with E-state index in [-0.39, 0.29) is 17.9 Å². The predicted molar refractivity (Wildman–Crippen MR) is 58.1 cm³/mol. The number of rotatable bonds is 7. The highest BCUT2D eigenvalue weighted by atomic mass is 32.2. The molecule has 0 aromatic rings. The summed E-state index contributed by atoms with van der Waals surface area (Å²) < 4.78 is 21.6. The Morgan fingerprint density at radius 1 is 1.36 bits per heavy atom. The summed E-state index contributed by atoms with van der Waals surface area (Å²) in [6.07, 6.45) is 2.25. The number of nitrogens with one attached hydrogen (secondary N) is 1. The van der Waals surface area contributed by atoms with Gasteiger partial charge in [-0.3, -0.25) is 0 Å². The second-order valence-corrected chi connectivity index (χ2v) is 6.18. The Morgan fingerprint density at radius 3 is 2.36 bits per heavy atom. The second-order valence-electron chi connectivity index (χ2n) is 3.92. The van der Waals surface area contributed by atoms with E-state index >= 15 is 0 Å². The van der Waals surface area contributed by atoms with Crippen LogP contribution in [0.4, 0.5) is 0 Å². The molecule has 0 heterocycles. The van der Waals surface area contributed by atoms with Gasteiger partial charge in [0.25, 0.3) is 0 Å². The molecule has 0 aromatic carbocycles. The molecule has 5 heteroatoms. The van der Waals surface area contributed by atoms with Crippen molar-refractivity contribution in [2.45, 2.75) is 38.8 Å². The van der Waals surface area contributed by atoms with Gasteiger partial charge in [-0.25, -0.2) is 8.42 Å². The van der Waals surface area contributed by atoms with Crippen LogP contribution in [-0.4, -0.2) is 44.2 Å². The minimum absolute atomic E-state index is 0.224. The first-order valence-corrected chi connectivity index (χ1v) is 6.96. The standard InChI is InChI=1S/C9H21NO3S/c1-8(7-9(2)11)10-5-4-6-14(3,12)13/h8-11H,4-7H2,1-3H3. The number of hydrogen-bond acceptors (Lipinski definition) is 4. The molecule has 0 radical (unpaired) electrons. The minimum Gasteiger partial charge on any atom is -0.393 e. The summed E-state index contributed by atoms with van der Waals surface area (Å²) in [5.74, 6) is 0.224. The topological polar surface area (TPSA) is 66.4 Å². The molecule has 0 amide bonds. The van der Waals surface area contributed by atoms with Crippen LogP contribution < -0.4 is 5.32 Å². The average Bonchev–Trinajstić information content (AvgIpc) is 1.95. The van der Waals surface area contributed by atoms with E-state index in [2.05, 4.69) is 5.32 Å². The van der Waals surface area contributed by atoms with Gasteiger partial charge in [0.05, 0.1) is 11.9 Å². The molecule has 0 fully saturated rings. The average molecular weight is 223 g/mol. The van der Waals surface area contributed by atoms with Crippen molar-refractivity contribution < 1.29 is 13.5 Å². The first-order valence-electron chi connectivity index (χ1n) is 4.90. The lowest BCUT2D eigenvalue weighted by Gasteiger charge is -2.14. The van der Waals surface area contributed by atoms with Crippen LogP contribution in [0, 0.1) is 0 Å².